The maximum absolute atomic E-state index is 11.5. The van der Waals surface area contributed by atoms with Crippen molar-refractivity contribution in [1.82, 2.24) is 0 Å². The summed E-state index contributed by atoms with van der Waals surface area (Å²) < 4.78 is 10.1. The van der Waals surface area contributed by atoms with Gasteiger partial charge in [-0.3, -0.25) is 0 Å². The zero-order chi connectivity index (χ0) is 11.4. The molecule has 0 aliphatic rings. The van der Waals surface area contributed by atoms with Crippen LogP contribution in [-0.4, -0.2) is 19.7 Å². The van der Waals surface area contributed by atoms with Crippen LogP contribution in [0.3, 0.4) is 0 Å². The van der Waals surface area contributed by atoms with Crippen LogP contribution in [0.5, 0.6) is 5.06 Å². The highest BCUT2D eigenvalue weighted by Crippen LogP contribution is 2.38. The van der Waals surface area contributed by atoms with Gasteiger partial charge in [-0.05, 0) is 13.3 Å². The smallest absolute Gasteiger partial charge is 0.350 e. The molecule has 0 aliphatic carbocycles. The summed E-state index contributed by atoms with van der Waals surface area (Å²) in [5.41, 5.74) is 7.22. The maximum Gasteiger partial charge on any atom is 0.350 e. The van der Waals surface area contributed by atoms with E-state index in [1.54, 1.807) is 14.0 Å². The molecule has 0 aliphatic heterocycles. The number of anilines is 1. The molecule has 16 heavy (non-hydrogen) atoms. The number of halogens is 1. The Morgan fingerprint density at radius 2 is 2.06 bits per heavy atom. The number of thiophene rings is 1. The van der Waals surface area contributed by atoms with Crippen LogP contribution in [-0.2, 0) is 11.2 Å². The van der Waals surface area contributed by atoms with Crippen LogP contribution in [0.15, 0.2) is 0 Å². The molecule has 2 N–H and O–H groups in total. The SMILES string of the molecule is CCOC(=O)c1sc(OC)c(CC)c1N.Cl. The Kier molecular flexibility index (Phi) is 6.21. The van der Waals surface area contributed by atoms with Crippen molar-refractivity contribution in [2.75, 3.05) is 19.5 Å². The average molecular weight is 266 g/mol. The molecule has 0 unspecified atom stereocenters. The van der Waals surface area contributed by atoms with E-state index in [2.05, 4.69) is 0 Å². The molecule has 4 nitrogen and oxygen atoms in total. The lowest BCUT2D eigenvalue weighted by Crippen LogP contribution is -2.05. The van der Waals surface area contributed by atoms with E-state index >= 15 is 0 Å². The summed E-state index contributed by atoms with van der Waals surface area (Å²) in [5, 5.41) is 0.693. The van der Waals surface area contributed by atoms with Crippen LogP contribution in [0, 0.1) is 0 Å². The van der Waals surface area contributed by atoms with Crippen molar-refractivity contribution in [2.45, 2.75) is 20.3 Å². The Bertz CT molecular complexity index is 365. The van der Waals surface area contributed by atoms with E-state index in [9.17, 15) is 4.79 Å². The highest BCUT2D eigenvalue weighted by molar-refractivity contribution is 7.16. The molecule has 0 amide bonds. The van der Waals surface area contributed by atoms with Gasteiger partial charge >= 0.3 is 5.97 Å². The van der Waals surface area contributed by atoms with Gasteiger partial charge in [-0.1, -0.05) is 18.3 Å². The lowest BCUT2D eigenvalue weighted by Gasteiger charge is -2.00. The van der Waals surface area contributed by atoms with Gasteiger partial charge in [0.15, 0.2) is 5.06 Å². The molecule has 6 heteroatoms. The molecule has 1 aromatic rings. The first-order valence-electron chi connectivity index (χ1n) is 4.77. The predicted octanol–water partition coefficient (Wildman–Crippen LogP) is 2.50. The van der Waals surface area contributed by atoms with Crippen molar-refractivity contribution in [1.29, 1.82) is 0 Å². The van der Waals surface area contributed by atoms with E-state index in [0.29, 0.717) is 22.2 Å². The van der Waals surface area contributed by atoms with Crippen LogP contribution in [0.2, 0.25) is 0 Å². The Labute approximate surface area is 105 Å². The third-order valence-electron chi connectivity index (χ3n) is 2.01. The summed E-state index contributed by atoms with van der Waals surface area (Å²) in [4.78, 5) is 12.0. The summed E-state index contributed by atoms with van der Waals surface area (Å²) in [6.07, 6.45) is 0.741. The summed E-state index contributed by atoms with van der Waals surface area (Å²) in [6.45, 7) is 4.08. The Balaban J connectivity index is 0.00000225. The van der Waals surface area contributed by atoms with Gasteiger partial charge in [0.25, 0.3) is 0 Å². The van der Waals surface area contributed by atoms with E-state index in [-0.39, 0.29) is 18.4 Å². The fraction of sp³-hybridized carbons (Fsp3) is 0.500. The first kappa shape index (κ1) is 15.1. The number of rotatable bonds is 4. The average Bonchev–Trinajstić information content (AvgIpc) is 2.55. The number of nitrogen functional groups attached to an aromatic ring is 1. The quantitative estimate of drug-likeness (QED) is 0.850. The van der Waals surface area contributed by atoms with Gasteiger partial charge in [0.1, 0.15) is 4.88 Å². The van der Waals surface area contributed by atoms with Crippen LogP contribution in [0.1, 0.15) is 29.1 Å². The highest BCUT2D eigenvalue weighted by atomic mass is 35.5. The number of esters is 1. The van der Waals surface area contributed by atoms with Crippen LogP contribution >= 0.6 is 23.7 Å². The number of ether oxygens (including phenoxy) is 2. The van der Waals surface area contributed by atoms with Crippen molar-refractivity contribution >= 4 is 35.4 Å². The lowest BCUT2D eigenvalue weighted by molar-refractivity contribution is 0.0533. The standard InChI is InChI=1S/C10H15NO3S.ClH/c1-4-6-7(11)8(9(12)14-5-2)15-10(6)13-3;/h4-5,11H2,1-3H3;1H. The molecule has 0 fully saturated rings. The molecular weight excluding hydrogens is 250 g/mol. The van der Waals surface area contributed by atoms with Gasteiger partial charge in [0, 0.05) is 5.56 Å². The van der Waals surface area contributed by atoms with Crippen molar-refractivity contribution in [3.8, 4) is 5.06 Å². The Morgan fingerprint density at radius 3 is 2.44 bits per heavy atom. The van der Waals surface area contributed by atoms with Crippen LogP contribution in [0.25, 0.3) is 0 Å². The van der Waals surface area contributed by atoms with E-state index in [1.165, 1.54) is 11.3 Å². The minimum atomic E-state index is -0.377. The Morgan fingerprint density at radius 1 is 1.44 bits per heavy atom. The highest BCUT2D eigenvalue weighted by Gasteiger charge is 2.21. The molecule has 0 saturated carbocycles. The van der Waals surface area contributed by atoms with Gasteiger partial charge in [-0.15, -0.1) is 12.4 Å². The normalized spacial score (nSPS) is 9.44. The van der Waals surface area contributed by atoms with Crippen molar-refractivity contribution in [3.05, 3.63) is 10.4 Å². The topological polar surface area (TPSA) is 61.5 Å². The number of methoxy groups -OCH3 is 1. The minimum Gasteiger partial charge on any atom is -0.487 e. The van der Waals surface area contributed by atoms with Crippen molar-refractivity contribution in [3.63, 3.8) is 0 Å². The molecule has 0 bridgehead atoms. The second-order valence-electron chi connectivity index (χ2n) is 2.89. The Hall–Kier alpha value is -0.940. The molecule has 0 atom stereocenters. The van der Waals surface area contributed by atoms with Crippen LogP contribution < -0.4 is 10.5 Å². The number of carbonyl (C=O) groups excluding carboxylic acids is 1. The third kappa shape index (κ3) is 2.80. The van der Waals surface area contributed by atoms with E-state index in [1.807, 2.05) is 6.92 Å². The number of nitrogens with two attached hydrogens (primary N) is 1. The van der Waals surface area contributed by atoms with Gasteiger partial charge in [-0.2, -0.15) is 0 Å². The summed E-state index contributed by atoms with van der Waals surface area (Å²) in [6, 6.07) is 0. The molecule has 0 radical (unpaired) electrons. The zero-order valence-corrected chi connectivity index (χ0v) is 11.2. The van der Waals surface area contributed by atoms with Crippen molar-refractivity contribution in [2.24, 2.45) is 0 Å². The molecule has 1 aromatic heterocycles. The molecule has 0 aromatic carbocycles. The second kappa shape index (κ2) is 6.60. The first-order chi connectivity index (χ1) is 7.15. The van der Waals surface area contributed by atoms with E-state index < -0.39 is 0 Å². The summed E-state index contributed by atoms with van der Waals surface area (Å²) in [7, 11) is 1.57. The molecule has 1 heterocycles. The summed E-state index contributed by atoms with van der Waals surface area (Å²) in [5.74, 6) is -0.377. The summed E-state index contributed by atoms with van der Waals surface area (Å²) >= 11 is 1.24. The van der Waals surface area contributed by atoms with Gasteiger partial charge < -0.3 is 15.2 Å². The van der Waals surface area contributed by atoms with E-state index in [0.717, 1.165) is 12.0 Å². The monoisotopic (exact) mass is 265 g/mol. The number of hydrogen-bond donors (Lipinski definition) is 1. The second-order valence-corrected chi connectivity index (χ2v) is 3.87. The van der Waals surface area contributed by atoms with Crippen LogP contribution in [0.4, 0.5) is 5.69 Å². The fourth-order valence-corrected chi connectivity index (χ4v) is 2.33. The largest absolute Gasteiger partial charge is 0.487 e. The van der Waals surface area contributed by atoms with Gasteiger partial charge in [0.05, 0.1) is 19.4 Å². The minimum absolute atomic E-state index is 0. The number of carbonyl (C=O) groups is 1. The van der Waals surface area contributed by atoms with Crippen molar-refractivity contribution < 1.29 is 14.3 Å². The fourth-order valence-electron chi connectivity index (χ4n) is 1.30. The van der Waals surface area contributed by atoms with Gasteiger partial charge in [0.2, 0.25) is 0 Å². The maximum atomic E-state index is 11.5. The predicted molar refractivity (Wildman–Crippen MR) is 67.9 cm³/mol. The van der Waals surface area contributed by atoms with E-state index in [4.69, 9.17) is 15.2 Å². The molecule has 92 valence electrons. The zero-order valence-electron chi connectivity index (χ0n) is 9.53. The molecule has 1 rings (SSSR count). The van der Waals surface area contributed by atoms with Gasteiger partial charge in [-0.25, -0.2) is 4.79 Å². The lowest BCUT2D eigenvalue weighted by atomic mass is 10.2. The first-order valence-corrected chi connectivity index (χ1v) is 5.59. The third-order valence-corrected chi connectivity index (χ3v) is 3.20. The molecule has 0 saturated heterocycles. The molecular formula is C10H16ClNO3S. The number of hydrogen-bond acceptors (Lipinski definition) is 5. The molecule has 0 spiro atoms.